The van der Waals surface area contributed by atoms with Crippen LogP contribution in [0.25, 0.3) is 0 Å². The largest absolute Gasteiger partial charge is 0.356 e. The number of aromatic nitrogens is 1. The molecule has 1 aromatic heterocycles. The molecular weight excluding hydrogens is 232 g/mol. The molecule has 4 nitrogen and oxygen atoms in total. The first kappa shape index (κ1) is 12.4. The number of hydrogen-bond donors (Lipinski definition) is 2. The van der Waals surface area contributed by atoms with Crippen LogP contribution < -0.4 is 10.6 Å². The van der Waals surface area contributed by atoms with Gasteiger partial charge >= 0.3 is 0 Å². The zero-order valence-corrected chi connectivity index (χ0v) is 11.3. The van der Waals surface area contributed by atoms with Crippen molar-refractivity contribution in [3.63, 3.8) is 0 Å². The van der Waals surface area contributed by atoms with E-state index in [9.17, 15) is 0 Å². The topological polar surface area (TPSA) is 49.3 Å². The molecule has 0 atom stereocenters. The summed E-state index contributed by atoms with van der Waals surface area (Å²) in [4.78, 5) is 8.64. The highest BCUT2D eigenvalue weighted by Gasteiger charge is 2.20. The molecule has 1 aromatic rings. The van der Waals surface area contributed by atoms with Crippen LogP contribution in [0.3, 0.4) is 0 Å². The second-order valence-corrected chi connectivity index (χ2v) is 5.49. The lowest BCUT2D eigenvalue weighted by atomic mass is 10.3. The summed E-state index contributed by atoms with van der Waals surface area (Å²) in [6.07, 6.45) is 3.68. The van der Waals surface area contributed by atoms with Crippen molar-refractivity contribution in [1.29, 1.82) is 0 Å². The standard InChI is InChI=1S/C12H20N4S/c1-9-16-11(8-17-9)5-6-14-12(13-2)15-7-10-3-4-10/h8,10H,3-7H2,1-2H3,(H2,13,14,15). The molecule has 2 N–H and O–H groups in total. The van der Waals surface area contributed by atoms with E-state index in [0.29, 0.717) is 0 Å². The van der Waals surface area contributed by atoms with Crippen molar-refractivity contribution in [2.24, 2.45) is 10.9 Å². The minimum Gasteiger partial charge on any atom is -0.356 e. The Hall–Kier alpha value is -1.10. The molecule has 0 unspecified atom stereocenters. The third-order valence-corrected chi connectivity index (χ3v) is 3.64. The maximum Gasteiger partial charge on any atom is 0.190 e. The third kappa shape index (κ3) is 4.34. The molecule has 0 aliphatic heterocycles. The van der Waals surface area contributed by atoms with Crippen molar-refractivity contribution in [3.8, 4) is 0 Å². The van der Waals surface area contributed by atoms with Gasteiger partial charge in [0.2, 0.25) is 0 Å². The maximum atomic E-state index is 4.44. The number of nitrogens with zero attached hydrogens (tertiary/aromatic N) is 2. The van der Waals surface area contributed by atoms with E-state index in [1.54, 1.807) is 11.3 Å². The average Bonchev–Trinajstić information content (AvgIpc) is 3.06. The fourth-order valence-electron chi connectivity index (χ4n) is 1.62. The smallest absolute Gasteiger partial charge is 0.190 e. The van der Waals surface area contributed by atoms with Crippen LogP contribution >= 0.6 is 11.3 Å². The summed E-state index contributed by atoms with van der Waals surface area (Å²) in [7, 11) is 1.81. The van der Waals surface area contributed by atoms with Gasteiger partial charge in [0.05, 0.1) is 10.7 Å². The predicted molar refractivity (Wildman–Crippen MR) is 72.6 cm³/mol. The quantitative estimate of drug-likeness (QED) is 0.618. The van der Waals surface area contributed by atoms with Crippen LogP contribution in [0.4, 0.5) is 0 Å². The molecule has 0 radical (unpaired) electrons. The Balaban J connectivity index is 1.65. The second-order valence-electron chi connectivity index (χ2n) is 4.43. The van der Waals surface area contributed by atoms with Crippen molar-refractivity contribution >= 4 is 17.3 Å². The molecule has 5 heteroatoms. The SMILES string of the molecule is CN=C(NCCc1csc(C)n1)NCC1CC1. The first-order valence-corrected chi connectivity index (χ1v) is 7.01. The summed E-state index contributed by atoms with van der Waals surface area (Å²) >= 11 is 1.71. The van der Waals surface area contributed by atoms with Crippen LogP contribution in [0.5, 0.6) is 0 Å². The Morgan fingerprint density at radius 3 is 2.94 bits per heavy atom. The lowest BCUT2D eigenvalue weighted by Gasteiger charge is -2.10. The van der Waals surface area contributed by atoms with E-state index in [4.69, 9.17) is 0 Å². The molecule has 17 heavy (non-hydrogen) atoms. The van der Waals surface area contributed by atoms with Crippen molar-refractivity contribution in [2.75, 3.05) is 20.1 Å². The Morgan fingerprint density at radius 2 is 2.35 bits per heavy atom. The lowest BCUT2D eigenvalue weighted by molar-refractivity contribution is 0.732. The average molecular weight is 252 g/mol. The summed E-state index contributed by atoms with van der Waals surface area (Å²) < 4.78 is 0. The third-order valence-electron chi connectivity index (χ3n) is 2.82. The number of hydrogen-bond acceptors (Lipinski definition) is 3. The van der Waals surface area contributed by atoms with Gasteiger partial charge in [-0.3, -0.25) is 4.99 Å². The van der Waals surface area contributed by atoms with Gasteiger partial charge < -0.3 is 10.6 Å². The fraction of sp³-hybridized carbons (Fsp3) is 0.667. The number of aryl methyl sites for hydroxylation is 1. The monoisotopic (exact) mass is 252 g/mol. The van der Waals surface area contributed by atoms with Crippen LogP contribution in [-0.4, -0.2) is 31.1 Å². The van der Waals surface area contributed by atoms with Crippen LogP contribution in [0.15, 0.2) is 10.4 Å². The highest BCUT2D eigenvalue weighted by molar-refractivity contribution is 7.09. The zero-order valence-electron chi connectivity index (χ0n) is 10.5. The lowest BCUT2D eigenvalue weighted by Crippen LogP contribution is -2.39. The molecule has 1 heterocycles. The number of thiazole rings is 1. The van der Waals surface area contributed by atoms with E-state index in [1.165, 1.54) is 12.8 Å². The van der Waals surface area contributed by atoms with E-state index in [0.717, 1.165) is 42.1 Å². The Morgan fingerprint density at radius 1 is 1.53 bits per heavy atom. The molecular formula is C12H20N4S. The maximum absolute atomic E-state index is 4.44. The van der Waals surface area contributed by atoms with Gasteiger partial charge in [-0.05, 0) is 25.7 Å². The molecule has 0 aromatic carbocycles. The molecule has 1 fully saturated rings. The molecule has 0 amide bonds. The molecule has 1 aliphatic rings. The molecule has 2 rings (SSSR count). The van der Waals surface area contributed by atoms with Gasteiger partial charge in [0, 0.05) is 31.9 Å². The first-order chi connectivity index (χ1) is 8.28. The first-order valence-electron chi connectivity index (χ1n) is 6.13. The minimum atomic E-state index is 0.870. The molecule has 1 aliphatic carbocycles. The van der Waals surface area contributed by atoms with E-state index in [1.807, 2.05) is 14.0 Å². The summed E-state index contributed by atoms with van der Waals surface area (Å²) in [5.41, 5.74) is 1.16. The van der Waals surface area contributed by atoms with Crippen molar-refractivity contribution < 1.29 is 0 Å². The fourth-order valence-corrected chi connectivity index (χ4v) is 2.26. The number of rotatable bonds is 5. The summed E-state index contributed by atoms with van der Waals surface area (Å²) in [5, 5.41) is 9.92. The highest BCUT2D eigenvalue weighted by Crippen LogP contribution is 2.27. The van der Waals surface area contributed by atoms with Gasteiger partial charge in [0.15, 0.2) is 5.96 Å². The van der Waals surface area contributed by atoms with Gasteiger partial charge in [0.25, 0.3) is 0 Å². The number of aliphatic imine (C=N–C) groups is 1. The van der Waals surface area contributed by atoms with Crippen molar-refractivity contribution in [2.45, 2.75) is 26.2 Å². The number of guanidine groups is 1. The van der Waals surface area contributed by atoms with E-state index in [2.05, 4.69) is 26.0 Å². The van der Waals surface area contributed by atoms with Crippen LogP contribution in [0, 0.1) is 12.8 Å². The Kier molecular flexibility index (Phi) is 4.36. The van der Waals surface area contributed by atoms with Crippen molar-refractivity contribution in [1.82, 2.24) is 15.6 Å². The van der Waals surface area contributed by atoms with Crippen LogP contribution in [0.2, 0.25) is 0 Å². The van der Waals surface area contributed by atoms with Crippen molar-refractivity contribution in [3.05, 3.63) is 16.1 Å². The van der Waals surface area contributed by atoms with E-state index in [-0.39, 0.29) is 0 Å². The van der Waals surface area contributed by atoms with Crippen LogP contribution in [-0.2, 0) is 6.42 Å². The summed E-state index contributed by atoms with van der Waals surface area (Å²) in [6, 6.07) is 0. The van der Waals surface area contributed by atoms with Gasteiger partial charge in [-0.1, -0.05) is 0 Å². The Labute approximate surface area is 107 Å². The molecule has 0 spiro atoms. The molecule has 0 saturated heterocycles. The minimum absolute atomic E-state index is 0.870. The molecule has 1 saturated carbocycles. The highest BCUT2D eigenvalue weighted by atomic mass is 32.1. The zero-order chi connectivity index (χ0) is 12.1. The Bertz CT molecular complexity index is 382. The number of nitrogens with one attached hydrogen (secondary N) is 2. The van der Waals surface area contributed by atoms with Gasteiger partial charge in [-0.25, -0.2) is 4.98 Å². The second kappa shape index (κ2) is 6.00. The summed E-state index contributed by atoms with van der Waals surface area (Å²) in [5.74, 6) is 1.78. The predicted octanol–water partition coefficient (Wildman–Crippen LogP) is 1.57. The normalized spacial score (nSPS) is 16.0. The van der Waals surface area contributed by atoms with Gasteiger partial charge in [-0.15, -0.1) is 11.3 Å². The van der Waals surface area contributed by atoms with Gasteiger partial charge in [0.1, 0.15) is 0 Å². The van der Waals surface area contributed by atoms with Gasteiger partial charge in [-0.2, -0.15) is 0 Å². The molecule has 94 valence electrons. The van der Waals surface area contributed by atoms with E-state index >= 15 is 0 Å². The molecule has 0 bridgehead atoms. The summed E-state index contributed by atoms with van der Waals surface area (Å²) in [6.45, 7) is 3.97. The van der Waals surface area contributed by atoms with E-state index < -0.39 is 0 Å². The van der Waals surface area contributed by atoms with Crippen LogP contribution in [0.1, 0.15) is 23.5 Å².